The average molecular weight is 486 g/mol. The Morgan fingerprint density at radius 3 is 2.39 bits per heavy atom. The van der Waals surface area contributed by atoms with Crippen molar-refractivity contribution in [2.24, 2.45) is 0 Å². The number of rotatable bonds is 5. The lowest BCUT2D eigenvalue weighted by atomic mass is 10.1. The molecule has 0 spiro atoms. The second kappa shape index (κ2) is 9.60. The van der Waals surface area contributed by atoms with E-state index in [0.717, 1.165) is 22.6 Å². The first-order valence-corrected chi connectivity index (χ1v) is 12.4. The number of thiophene rings is 1. The zero-order valence-electron chi connectivity index (χ0n) is 17.5. The van der Waals surface area contributed by atoms with E-state index in [4.69, 9.17) is 17.0 Å². The van der Waals surface area contributed by atoms with Gasteiger partial charge in [-0.05, 0) is 55.4 Å². The van der Waals surface area contributed by atoms with Crippen LogP contribution in [0.15, 0.2) is 29.2 Å². The van der Waals surface area contributed by atoms with Gasteiger partial charge in [-0.1, -0.05) is 6.92 Å². The highest BCUT2D eigenvalue weighted by atomic mass is 32.2. The number of halogens is 1. The zero-order valence-corrected chi connectivity index (χ0v) is 19.9. The maximum Gasteiger partial charge on any atom is 0.341 e. The standard InChI is InChI=1S/C20H24FN3O4S3/c1-4-16-13(2)30-18(17(16)19(25)28-3)22-20(29)23-9-11-24(12-10-23)31(26,27)15-7-5-14(21)6-8-15/h5-8H,4,9-12H2,1-3H3,(H,22,29). The van der Waals surface area contributed by atoms with E-state index in [1.165, 1.54) is 34.9 Å². The predicted octanol–water partition coefficient (Wildman–Crippen LogP) is 3.25. The molecule has 0 atom stereocenters. The Kier molecular flexibility index (Phi) is 7.30. The Balaban J connectivity index is 1.69. The van der Waals surface area contributed by atoms with Gasteiger partial charge in [-0.25, -0.2) is 17.6 Å². The van der Waals surface area contributed by atoms with Crippen molar-refractivity contribution in [1.82, 2.24) is 9.21 Å². The van der Waals surface area contributed by atoms with Crippen molar-refractivity contribution >= 4 is 49.7 Å². The molecule has 7 nitrogen and oxygen atoms in total. The molecule has 1 aromatic heterocycles. The quantitative estimate of drug-likeness (QED) is 0.515. The van der Waals surface area contributed by atoms with Gasteiger partial charge in [0, 0.05) is 31.1 Å². The number of piperazine rings is 1. The van der Waals surface area contributed by atoms with Crippen molar-refractivity contribution < 1.29 is 22.3 Å². The first kappa shape index (κ1) is 23.6. The zero-order chi connectivity index (χ0) is 22.8. The highest BCUT2D eigenvalue weighted by molar-refractivity contribution is 7.89. The number of benzene rings is 1. The summed E-state index contributed by atoms with van der Waals surface area (Å²) in [5.41, 5.74) is 1.42. The van der Waals surface area contributed by atoms with Crippen LogP contribution >= 0.6 is 23.6 Å². The fraction of sp³-hybridized carbons (Fsp3) is 0.400. The topological polar surface area (TPSA) is 79.0 Å². The van der Waals surface area contributed by atoms with Gasteiger partial charge < -0.3 is 15.0 Å². The molecule has 2 heterocycles. The van der Waals surface area contributed by atoms with Gasteiger partial charge in [0.1, 0.15) is 10.8 Å². The van der Waals surface area contributed by atoms with E-state index in [9.17, 15) is 17.6 Å². The third-order valence-corrected chi connectivity index (χ3v) is 8.49. The highest BCUT2D eigenvalue weighted by Crippen LogP contribution is 2.34. The van der Waals surface area contributed by atoms with Gasteiger partial charge in [-0.2, -0.15) is 4.31 Å². The molecule has 0 amide bonds. The third-order valence-electron chi connectivity index (χ3n) is 5.15. The van der Waals surface area contributed by atoms with Crippen LogP contribution in [0.1, 0.15) is 27.7 Å². The maximum absolute atomic E-state index is 13.1. The van der Waals surface area contributed by atoms with Crippen molar-refractivity contribution in [2.75, 3.05) is 38.6 Å². The SMILES string of the molecule is CCc1c(C)sc(NC(=S)N2CCN(S(=O)(=O)c3ccc(F)cc3)CC2)c1C(=O)OC. The number of thiocarbonyl (C=S) groups is 1. The van der Waals surface area contributed by atoms with E-state index >= 15 is 0 Å². The van der Waals surface area contributed by atoms with E-state index in [2.05, 4.69) is 5.32 Å². The first-order chi connectivity index (χ1) is 14.7. The Hall–Kier alpha value is -2.08. The summed E-state index contributed by atoms with van der Waals surface area (Å²) in [5.74, 6) is -0.900. The Morgan fingerprint density at radius 2 is 1.84 bits per heavy atom. The van der Waals surface area contributed by atoms with Gasteiger partial charge in [-0.15, -0.1) is 11.3 Å². The summed E-state index contributed by atoms with van der Waals surface area (Å²) in [4.78, 5) is 15.2. The number of carbonyl (C=O) groups excluding carboxylic acids is 1. The molecule has 1 N–H and O–H groups in total. The molecule has 1 aromatic carbocycles. The molecule has 0 bridgehead atoms. The third kappa shape index (κ3) is 4.89. The Labute approximate surface area is 190 Å². The number of hydrogen-bond acceptors (Lipinski definition) is 6. The molecular weight excluding hydrogens is 461 g/mol. The molecule has 1 fully saturated rings. The predicted molar refractivity (Wildman–Crippen MR) is 123 cm³/mol. The number of sulfonamides is 1. The smallest absolute Gasteiger partial charge is 0.341 e. The van der Waals surface area contributed by atoms with Crippen LogP contribution in [0.4, 0.5) is 9.39 Å². The highest BCUT2D eigenvalue weighted by Gasteiger charge is 2.30. The van der Waals surface area contributed by atoms with Crippen LogP contribution in [0.25, 0.3) is 0 Å². The van der Waals surface area contributed by atoms with Crippen molar-refractivity contribution in [1.29, 1.82) is 0 Å². The van der Waals surface area contributed by atoms with E-state index in [0.29, 0.717) is 35.2 Å². The largest absolute Gasteiger partial charge is 0.465 e. The second-order valence-electron chi connectivity index (χ2n) is 6.96. The summed E-state index contributed by atoms with van der Waals surface area (Å²) in [7, 11) is -2.35. The fourth-order valence-electron chi connectivity index (χ4n) is 3.47. The fourth-order valence-corrected chi connectivity index (χ4v) is 6.38. The molecule has 0 unspecified atom stereocenters. The summed E-state index contributed by atoms with van der Waals surface area (Å²) < 4.78 is 45.0. The molecule has 1 aliphatic heterocycles. The molecule has 31 heavy (non-hydrogen) atoms. The van der Waals surface area contributed by atoms with Crippen molar-refractivity contribution in [3.8, 4) is 0 Å². The second-order valence-corrected chi connectivity index (χ2v) is 10.5. The van der Waals surface area contributed by atoms with E-state index in [-0.39, 0.29) is 18.0 Å². The van der Waals surface area contributed by atoms with Crippen molar-refractivity contribution in [2.45, 2.75) is 25.2 Å². The molecule has 1 aliphatic rings. The van der Waals surface area contributed by atoms with Crippen LogP contribution in [0.2, 0.25) is 0 Å². The lowest BCUT2D eigenvalue weighted by molar-refractivity contribution is 0.0601. The number of ether oxygens (including phenoxy) is 1. The molecule has 0 aliphatic carbocycles. The van der Waals surface area contributed by atoms with Gasteiger partial charge in [0.05, 0.1) is 17.6 Å². The monoisotopic (exact) mass is 485 g/mol. The van der Waals surface area contributed by atoms with Crippen LogP contribution in [0.3, 0.4) is 0 Å². The van der Waals surface area contributed by atoms with Gasteiger partial charge in [0.2, 0.25) is 10.0 Å². The number of carbonyl (C=O) groups is 1. The minimum atomic E-state index is -3.70. The van der Waals surface area contributed by atoms with Gasteiger partial charge in [0.25, 0.3) is 0 Å². The van der Waals surface area contributed by atoms with E-state index < -0.39 is 21.8 Å². The van der Waals surface area contributed by atoms with Gasteiger partial charge in [-0.3, -0.25) is 0 Å². The molecule has 1 saturated heterocycles. The number of methoxy groups -OCH3 is 1. The van der Waals surface area contributed by atoms with E-state index in [1.54, 1.807) is 0 Å². The molecule has 168 valence electrons. The maximum atomic E-state index is 13.1. The van der Waals surface area contributed by atoms with Gasteiger partial charge >= 0.3 is 5.97 Å². The van der Waals surface area contributed by atoms with Crippen molar-refractivity contribution in [3.63, 3.8) is 0 Å². The number of aryl methyl sites for hydroxylation is 1. The molecule has 2 aromatic rings. The Morgan fingerprint density at radius 1 is 1.23 bits per heavy atom. The number of nitrogens with one attached hydrogen (secondary N) is 1. The average Bonchev–Trinajstić information content (AvgIpc) is 3.08. The molecule has 3 rings (SSSR count). The van der Waals surface area contributed by atoms with Gasteiger partial charge in [0.15, 0.2) is 5.11 Å². The number of esters is 1. The molecule has 0 saturated carbocycles. The summed E-state index contributed by atoms with van der Waals surface area (Å²) in [6.45, 7) is 5.20. The number of nitrogens with zero attached hydrogens (tertiary/aromatic N) is 2. The summed E-state index contributed by atoms with van der Waals surface area (Å²) in [6.07, 6.45) is 0.696. The van der Waals surface area contributed by atoms with Crippen LogP contribution in [-0.2, 0) is 21.2 Å². The lowest BCUT2D eigenvalue weighted by Crippen LogP contribution is -2.51. The lowest BCUT2D eigenvalue weighted by Gasteiger charge is -2.35. The van der Waals surface area contributed by atoms with Crippen LogP contribution in [0.5, 0.6) is 0 Å². The normalized spacial score (nSPS) is 15.0. The number of hydrogen-bond donors (Lipinski definition) is 1. The first-order valence-electron chi connectivity index (χ1n) is 9.71. The van der Waals surface area contributed by atoms with Crippen LogP contribution < -0.4 is 5.32 Å². The number of anilines is 1. The molecular formula is C20H24FN3O4S3. The minimum absolute atomic E-state index is 0.0620. The molecule has 0 radical (unpaired) electrons. The summed E-state index contributed by atoms with van der Waals surface area (Å²) >= 11 is 6.97. The van der Waals surface area contributed by atoms with Crippen LogP contribution in [-0.4, -0.2) is 62.0 Å². The summed E-state index contributed by atoms with van der Waals surface area (Å²) in [5, 5.41) is 4.20. The van der Waals surface area contributed by atoms with Crippen molar-refractivity contribution in [3.05, 3.63) is 46.1 Å². The Bertz CT molecular complexity index is 1080. The summed E-state index contributed by atoms with van der Waals surface area (Å²) in [6, 6.07) is 4.80. The minimum Gasteiger partial charge on any atom is -0.465 e. The molecule has 11 heteroatoms. The van der Waals surface area contributed by atoms with Crippen LogP contribution in [0, 0.1) is 12.7 Å². The van der Waals surface area contributed by atoms with E-state index in [1.807, 2.05) is 18.7 Å².